The maximum Gasteiger partial charge on any atom is 0.318 e. The Morgan fingerprint density at radius 2 is 1.88 bits per heavy atom. The second-order valence-corrected chi connectivity index (χ2v) is 6.57. The first-order chi connectivity index (χ1) is 12.1. The van der Waals surface area contributed by atoms with Gasteiger partial charge in [-0.15, -0.1) is 0 Å². The second kappa shape index (κ2) is 7.87. The predicted octanol–water partition coefficient (Wildman–Crippen LogP) is 3.64. The fourth-order valence-electron chi connectivity index (χ4n) is 3.47. The van der Waals surface area contributed by atoms with Crippen molar-refractivity contribution >= 4 is 10.9 Å². The van der Waals surface area contributed by atoms with Crippen molar-refractivity contribution in [1.29, 1.82) is 0 Å². The van der Waals surface area contributed by atoms with E-state index in [4.69, 9.17) is 14.2 Å². The maximum atomic E-state index is 6.02. The number of nitrogens with zero attached hydrogens (tertiary/aromatic N) is 3. The smallest absolute Gasteiger partial charge is 0.318 e. The molecule has 0 saturated heterocycles. The van der Waals surface area contributed by atoms with Gasteiger partial charge in [0.05, 0.1) is 14.2 Å². The van der Waals surface area contributed by atoms with E-state index < -0.39 is 0 Å². The van der Waals surface area contributed by atoms with Gasteiger partial charge in [0.1, 0.15) is 5.52 Å². The van der Waals surface area contributed by atoms with E-state index in [1.54, 1.807) is 20.4 Å². The summed E-state index contributed by atoms with van der Waals surface area (Å²) >= 11 is 0. The minimum atomic E-state index is -0.0860. The van der Waals surface area contributed by atoms with Crippen molar-refractivity contribution in [3.63, 3.8) is 0 Å². The first-order valence-corrected chi connectivity index (χ1v) is 8.90. The standard InChI is InChI=1S/C19H27N3O3/c1-13(22(2)15-8-6-5-7-9-15)25-19-20-12-14-10-11-16(23-3)18(24-4)17(14)21-19/h10-13,15H,5-9H2,1-4H3. The van der Waals surface area contributed by atoms with Crippen LogP contribution < -0.4 is 14.2 Å². The minimum Gasteiger partial charge on any atom is -0.493 e. The fraction of sp³-hybridized carbons (Fsp3) is 0.579. The average Bonchev–Trinajstić information content (AvgIpc) is 2.66. The molecule has 1 aliphatic rings. The third kappa shape index (κ3) is 3.79. The van der Waals surface area contributed by atoms with E-state index >= 15 is 0 Å². The van der Waals surface area contributed by atoms with Gasteiger partial charge in [-0.3, -0.25) is 4.90 Å². The lowest BCUT2D eigenvalue weighted by atomic mass is 9.94. The van der Waals surface area contributed by atoms with E-state index in [1.807, 2.05) is 19.1 Å². The van der Waals surface area contributed by atoms with Gasteiger partial charge in [-0.05, 0) is 38.9 Å². The molecule has 1 aliphatic carbocycles. The Hall–Kier alpha value is -2.08. The Balaban J connectivity index is 1.81. The molecule has 1 unspecified atom stereocenters. The van der Waals surface area contributed by atoms with Gasteiger partial charge in [0.15, 0.2) is 17.7 Å². The van der Waals surface area contributed by atoms with Crippen LogP contribution in [0, 0.1) is 0 Å². The summed E-state index contributed by atoms with van der Waals surface area (Å²) in [5, 5.41) is 0.887. The van der Waals surface area contributed by atoms with Crippen molar-refractivity contribution in [1.82, 2.24) is 14.9 Å². The predicted molar refractivity (Wildman–Crippen MR) is 97.4 cm³/mol. The van der Waals surface area contributed by atoms with Gasteiger partial charge in [0, 0.05) is 17.6 Å². The van der Waals surface area contributed by atoms with E-state index in [0.717, 1.165) is 5.39 Å². The van der Waals surface area contributed by atoms with Gasteiger partial charge in [-0.1, -0.05) is 19.3 Å². The molecule has 2 aromatic rings. The highest BCUT2D eigenvalue weighted by molar-refractivity contribution is 5.86. The largest absolute Gasteiger partial charge is 0.493 e. The molecule has 136 valence electrons. The van der Waals surface area contributed by atoms with Gasteiger partial charge in [-0.2, -0.15) is 4.98 Å². The molecule has 25 heavy (non-hydrogen) atoms. The third-order valence-electron chi connectivity index (χ3n) is 5.07. The zero-order valence-electron chi connectivity index (χ0n) is 15.5. The molecule has 6 nitrogen and oxygen atoms in total. The van der Waals surface area contributed by atoms with Crippen LogP contribution in [0.1, 0.15) is 39.0 Å². The summed E-state index contributed by atoms with van der Waals surface area (Å²) < 4.78 is 16.8. The second-order valence-electron chi connectivity index (χ2n) is 6.57. The molecule has 0 amide bonds. The Labute approximate surface area is 149 Å². The third-order valence-corrected chi connectivity index (χ3v) is 5.07. The molecule has 1 heterocycles. The number of benzene rings is 1. The van der Waals surface area contributed by atoms with Gasteiger partial charge < -0.3 is 14.2 Å². The van der Waals surface area contributed by atoms with Crippen LogP contribution in [-0.2, 0) is 0 Å². The van der Waals surface area contributed by atoms with Gasteiger partial charge >= 0.3 is 6.01 Å². The van der Waals surface area contributed by atoms with Crippen molar-refractivity contribution in [2.75, 3.05) is 21.3 Å². The van der Waals surface area contributed by atoms with Crippen LogP contribution in [0.25, 0.3) is 10.9 Å². The molecule has 1 aromatic heterocycles. The number of aromatic nitrogens is 2. The van der Waals surface area contributed by atoms with Crippen molar-refractivity contribution < 1.29 is 14.2 Å². The van der Waals surface area contributed by atoms with E-state index in [-0.39, 0.29) is 6.23 Å². The van der Waals surface area contributed by atoms with E-state index in [1.165, 1.54) is 32.1 Å². The lowest BCUT2D eigenvalue weighted by Crippen LogP contribution is -2.42. The molecular weight excluding hydrogens is 318 g/mol. The molecule has 0 aliphatic heterocycles. The van der Waals surface area contributed by atoms with Gasteiger partial charge in [0.25, 0.3) is 0 Å². The van der Waals surface area contributed by atoms with Crippen molar-refractivity contribution in [3.8, 4) is 17.5 Å². The molecule has 6 heteroatoms. The maximum absolute atomic E-state index is 6.02. The SMILES string of the molecule is COc1ccc2cnc(OC(C)N(C)C3CCCCC3)nc2c1OC. The Morgan fingerprint density at radius 1 is 1.12 bits per heavy atom. The summed E-state index contributed by atoms with van der Waals surface area (Å²) in [4.78, 5) is 11.2. The molecule has 0 N–H and O–H groups in total. The molecule has 0 spiro atoms. The molecule has 1 saturated carbocycles. The highest BCUT2D eigenvalue weighted by Crippen LogP contribution is 2.34. The number of rotatable bonds is 6. The van der Waals surface area contributed by atoms with Crippen molar-refractivity contribution in [2.24, 2.45) is 0 Å². The van der Waals surface area contributed by atoms with Crippen LogP contribution in [0.4, 0.5) is 0 Å². The lowest BCUT2D eigenvalue weighted by Gasteiger charge is -2.34. The Bertz CT molecular complexity index is 716. The zero-order chi connectivity index (χ0) is 17.8. The first kappa shape index (κ1) is 17.7. The number of hydrogen-bond donors (Lipinski definition) is 0. The lowest BCUT2D eigenvalue weighted by molar-refractivity contribution is 0.0107. The quantitative estimate of drug-likeness (QED) is 0.745. The monoisotopic (exact) mass is 345 g/mol. The minimum absolute atomic E-state index is 0.0860. The van der Waals surface area contributed by atoms with E-state index in [9.17, 15) is 0 Å². The number of methoxy groups -OCH3 is 2. The summed E-state index contributed by atoms with van der Waals surface area (Å²) in [7, 11) is 5.34. The van der Waals surface area contributed by atoms with E-state index in [0.29, 0.717) is 29.1 Å². The molecule has 1 atom stereocenters. The highest BCUT2D eigenvalue weighted by Gasteiger charge is 2.23. The molecule has 1 fully saturated rings. The Morgan fingerprint density at radius 3 is 2.56 bits per heavy atom. The number of fused-ring (bicyclic) bond motifs is 1. The summed E-state index contributed by atoms with van der Waals surface area (Å²) in [6.07, 6.45) is 8.07. The molecule has 1 aromatic carbocycles. The van der Waals surface area contributed by atoms with Crippen LogP contribution in [0.15, 0.2) is 18.3 Å². The molecule has 0 bridgehead atoms. The summed E-state index contributed by atoms with van der Waals surface area (Å²) in [6.45, 7) is 2.05. The zero-order valence-corrected chi connectivity index (χ0v) is 15.5. The molecule has 0 radical (unpaired) electrons. The van der Waals surface area contributed by atoms with Crippen LogP contribution in [0.3, 0.4) is 0 Å². The van der Waals surface area contributed by atoms with Crippen molar-refractivity contribution in [2.45, 2.75) is 51.3 Å². The van der Waals surface area contributed by atoms with E-state index in [2.05, 4.69) is 21.9 Å². The van der Waals surface area contributed by atoms with Crippen LogP contribution in [-0.4, -0.2) is 48.4 Å². The topological polar surface area (TPSA) is 56.7 Å². The highest BCUT2D eigenvalue weighted by atomic mass is 16.5. The van der Waals surface area contributed by atoms with Crippen LogP contribution >= 0.6 is 0 Å². The van der Waals surface area contributed by atoms with Crippen LogP contribution in [0.2, 0.25) is 0 Å². The summed E-state index contributed by atoms with van der Waals surface area (Å²) in [6, 6.07) is 4.69. The van der Waals surface area contributed by atoms with Gasteiger partial charge in [0.2, 0.25) is 0 Å². The molecule has 3 rings (SSSR count). The molecular formula is C19H27N3O3. The number of ether oxygens (including phenoxy) is 3. The van der Waals surface area contributed by atoms with Crippen molar-refractivity contribution in [3.05, 3.63) is 18.3 Å². The van der Waals surface area contributed by atoms with Crippen LogP contribution in [0.5, 0.6) is 17.5 Å². The summed E-state index contributed by atoms with van der Waals surface area (Å²) in [5.41, 5.74) is 0.694. The summed E-state index contributed by atoms with van der Waals surface area (Å²) in [5.74, 6) is 1.24. The van der Waals surface area contributed by atoms with Gasteiger partial charge in [-0.25, -0.2) is 4.98 Å². The Kier molecular flexibility index (Phi) is 5.58. The average molecular weight is 345 g/mol. The number of hydrogen-bond acceptors (Lipinski definition) is 6. The normalized spacial score (nSPS) is 16.8. The fourth-order valence-corrected chi connectivity index (χ4v) is 3.47. The first-order valence-electron chi connectivity index (χ1n) is 8.90.